The van der Waals surface area contributed by atoms with E-state index in [2.05, 4.69) is 15.3 Å². The van der Waals surface area contributed by atoms with E-state index in [4.69, 9.17) is 21.7 Å². The number of para-hydroxylation sites is 1. The first-order valence-corrected chi connectivity index (χ1v) is 13.6. The van der Waals surface area contributed by atoms with Gasteiger partial charge in [0.15, 0.2) is 5.82 Å². The number of nitriles is 1. The van der Waals surface area contributed by atoms with Gasteiger partial charge in [-0.3, -0.25) is 19.4 Å². The van der Waals surface area contributed by atoms with Gasteiger partial charge in [-0.2, -0.15) is 15.2 Å². The Hall–Kier alpha value is -5.80. The number of nitrogens with one attached hydrogen (secondary N) is 2. The summed E-state index contributed by atoms with van der Waals surface area (Å²) in [6.07, 6.45) is 1.65. The number of carbonyl (C=O) groups is 1. The smallest absolute Gasteiger partial charge is 0.274 e. The largest absolute Gasteiger partial charge is 0.382 e. The lowest BCUT2D eigenvalue weighted by molar-refractivity contribution is 0.0706. The summed E-state index contributed by atoms with van der Waals surface area (Å²) in [6, 6.07) is 23.2. The van der Waals surface area contributed by atoms with Crippen molar-refractivity contribution in [3.63, 3.8) is 0 Å². The highest BCUT2D eigenvalue weighted by molar-refractivity contribution is 5.93. The first-order chi connectivity index (χ1) is 20.8. The van der Waals surface area contributed by atoms with Crippen molar-refractivity contribution in [3.05, 3.63) is 111 Å². The van der Waals surface area contributed by atoms with Gasteiger partial charge in [0, 0.05) is 5.56 Å². The molecule has 216 valence electrons. The number of hydrogen-bond acceptors (Lipinski definition) is 10. The minimum Gasteiger partial charge on any atom is -0.382 e. The van der Waals surface area contributed by atoms with E-state index in [0.717, 1.165) is 11.1 Å². The van der Waals surface area contributed by atoms with Gasteiger partial charge in [-0.1, -0.05) is 49.4 Å². The van der Waals surface area contributed by atoms with Crippen LogP contribution in [0.2, 0.25) is 0 Å². The molecule has 3 aromatic carbocycles. The molecule has 2 heterocycles. The van der Waals surface area contributed by atoms with Crippen molar-refractivity contribution < 1.29 is 10.0 Å². The van der Waals surface area contributed by atoms with Crippen LogP contribution in [0.1, 0.15) is 52.3 Å². The number of benzene rings is 3. The number of aromatic nitrogens is 4. The van der Waals surface area contributed by atoms with Gasteiger partial charge in [-0.25, -0.2) is 10.5 Å². The minimum atomic E-state index is -0.584. The van der Waals surface area contributed by atoms with Crippen LogP contribution in [0.4, 0.5) is 17.6 Å². The lowest BCUT2D eigenvalue weighted by Crippen LogP contribution is -2.29. The van der Waals surface area contributed by atoms with Crippen LogP contribution >= 0.6 is 0 Å². The summed E-state index contributed by atoms with van der Waals surface area (Å²) in [5.74, 6) is -0.128. The molecule has 0 saturated heterocycles. The molecule has 5 rings (SSSR count). The second kappa shape index (κ2) is 12.4. The third kappa shape index (κ3) is 5.83. The molecule has 0 spiro atoms. The standard InChI is InChI=1S/C31H29N9O3/c1-2-23(35-27-22(17-32)26(33)37-31(34)38-27)28-36-24-10-6-7-19(14-11-18-12-15-20(16-13-18)29(41)39-43)25(24)30(42)40(28)21-8-4-3-5-9-21/h3-10,12-13,15-16,23,43H,2,11,14H2,1H3,(H,39,41)(H5,33,34,35,37,38). The Kier molecular flexibility index (Phi) is 8.27. The van der Waals surface area contributed by atoms with Crippen LogP contribution in [-0.4, -0.2) is 30.6 Å². The zero-order valence-electron chi connectivity index (χ0n) is 23.3. The number of anilines is 3. The van der Waals surface area contributed by atoms with Crippen molar-refractivity contribution in [3.8, 4) is 11.8 Å². The molecule has 0 bridgehead atoms. The predicted molar refractivity (Wildman–Crippen MR) is 163 cm³/mol. The number of fused-ring (bicyclic) bond motifs is 1. The predicted octanol–water partition coefficient (Wildman–Crippen LogP) is 3.68. The monoisotopic (exact) mass is 575 g/mol. The van der Waals surface area contributed by atoms with Crippen molar-refractivity contribution in [2.75, 3.05) is 16.8 Å². The minimum absolute atomic E-state index is 0.0461. The number of amides is 1. The van der Waals surface area contributed by atoms with Crippen LogP contribution in [0.3, 0.4) is 0 Å². The highest BCUT2D eigenvalue weighted by atomic mass is 16.5. The van der Waals surface area contributed by atoms with E-state index < -0.39 is 11.9 Å². The molecule has 1 amide bonds. The molecule has 0 fully saturated rings. The Labute approximate surface area is 246 Å². The van der Waals surface area contributed by atoms with E-state index in [0.29, 0.717) is 47.2 Å². The summed E-state index contributed by atoms with van der Waals surface area (Å²) in [7, 11) is 0. The third-order valence-corrected chi connectivity index (χ3v) is 7.12. The van der Waals surface area contributed by atoms with Crippen molar-refractivity contribution in [2.45, 2.75) is 32.2 Å². The number of nitrogen functional groups attached to an aromatic ring is 2. The lowest BCUT2D eigenvalue weighted by Gasteiger charge is -2.23. The van der Waals surface area contributed by atoms with Crippen LogP contribution in [0.25, 0.3) is 16.6 Å². The van der Waals surface area contributed by atoms with Gasteiger partial charge in [-0.05, 0) is 60.7 Å². The molecular weight excluding hydrogens is 546 g/mol. The SMILES string of the molecule is CCC(Nc1nc(N)nc(N)c1C#N)c1nc2cccc(CCc3ccc(C(=O)NO)cc3)c2c(=O)n1-c1ccccc1. The maximum Gasteiger partial charge on any atom is 0.274 e. The van der Waals surface area contributed by atoms with Gasteiger partial charge in [-0.15, -0.1) is 0 Å². The van der Waals surface area contributed by atoms with Gasteiger partial charge in [0.05, 0.1) is 22.6 Å². The Morgan fingerprint density at radius 3 is 2.42 bits per heavy atom. The number of hydroxylamine groups is 1. The van der Waals surface area contributed by atoms with E-state index in [1.54, 1.807) is 28.2 Å². The number of aryl methyl sites for hydroxylation is 2. The number of hydrogen-bond donors (Lipinski definition) is 5. The second-order valence-electron chi connectivity index (χ2n) is 9.80. The molecule has 12 nitrogen and oxygen atoms in total. The summed E-state index contributed by atoms with van der Waals surface area (Å²) in [5.41, 5.74) is 16.5. The van der Waals surface area contributed by atoms with E-state index in [9.17, 15) is 14.9 Å². The average Bonchev–Trinajstić information content (AvgIpc) is 3.02. The molecule has 0 aliphatic rings. The molecule has 2 aromatic heterocycles. The molecule has 0 radical (unpaired) electrons. The number of nitrogens with zero attached hydrogens (tertiary/aromatic N) is 5. The molecule has 0 saturated carbocycles. The van der Waals surface area contributed by atoms with Crippen LogP contribution in [0, 0.1) is 11.3 Å². The fourth-order valence-corrected chi connectivity index (χ4v) is 4.98. The maximum absolute atomic E-state index is 14.3. The molecule has 43 heavy (non-hydrogen) atoms. The Balaban J connectivity index is 1.60. The van der Waals surface area contributed by atoms with E-state index in [-0.39, 0.29) is 28.7 Å². The quantitative estimate of drug-likeness (QED) is 0.128. The summed E-state index contributed by atoms with van der Waals surface area (Å²) >= 11 is 0. The summed E-state index contributed by atoms with van der Waals surface area (Å²) in [4.78, 5) is 39.1. The number of carbonyl (C=O) groups excluding carboxylic acids is 1. The molecule has 1 unspecified atom stereocenters. The summed E-state index contributed by atoms with van der Waals surface area (Å²) in [6.45, 7) is 1.93. The lowest BCUT2D eigenvalue weighted by atomic mass is 10.00. The van der Waals surface area contributed by atoms with Gasteiger partial charge < -0.3 is 16.8 Å². The normalized spacial score (nSPS) is 11.6. The van der Waals surface area contributed by atoms with Gasteiger partial charge in [0.25, 0.3) is 11.5 Å². The van der Waals surface area contributed by atoms with E-state index in [1.807, 2.05) is 67.6 Å². The molecule has 0 aliphatic heterocycles. The van der Waals surface area contributed by atoms with Crippen molar-refractivity contribution in [1.29, 1.82) is 5.26 Å². The van der Waals surface area contributed by atoms with Crippen molar-refractivity contribution in [1.82, 2.24) is 25.0 Å². The summed E-state index contributed by atoms with van der Waals surface area (Å²) < 4.78 is 1.58. The fraction of sp³-hybridized carbons (Fsp3) is 0.161. The van der Waals surface area contributed by atoms with Crippen LogP contribution < -0.4 is 27.8 Å². The molecule has 0 aliphatic carbocycles. The zero-order valence-corrected chi connectivity index (χ0v) is 23.3. The number of nitrogens with two attached hydrogens (primary N) is 2. The van der Waals surface area contributed by atoms with E-state index >= 15 is 0 Å². The molecule has 5 aromatic rings. The highest BCUT2D eigenvalue weighted by Gasteiger charge is 2.23. The fourth-order valence-electron chi connectivity index (χ4n) is 4.98. The average molecular weight is 576 g/mol. The molecule has 7 N–H and O–H groups in total. The van der Waals surface area contributed by atoms with Crippen molar-refractivity contribution >= 4 is 34.4 Å². The first-order valence-electron chi connectivity index (χ1n) is 13.6. The van der Waals surface area contributed by atoms with Crippen LogP contribution in [0.5, 0.6) is 0 Å². The molecule has 12 heteroatoms. The Morgan fingerprint density at radius 1 is 1.00 bits per heavy atom. The van der Waals surface area contributed by atoms with Gasteiger partial charge in [0.2, 0.25) is 5.95 Å². The third-order valence-electron chi connectivity index (χ3n) is 7.12. The maximum atomic E-state index is 14.3. The Morgan fingerprint density at radius 2 is 1.74 bits per heavy atom. The van der Waals surface area contributed by atoms with Crippen molar-refractivity contribution in [2.24, 2.45) is 0 Å². The second-order valence-corrected chi connectivity index (χ2v) is 9.80. The topological polar surface area (TPSA) is 198 Å². The van der Waals surface area contributed by atoms with Crippen LogP contribution in [-0.2, 0) is 12.8 Å². The highest BCUT2D eigenvalue weighted by Crippen LogP contribution is 2.28. The van der Waals surface area contributed by atoms with Crippen LogP contribution in [0.15, 0.2) is 77.6 Å². The molecule has 1 atom stereocenters. The van der Waals surface area contributed by atoms with E-state index in [1.165, 1.54) is 0 Å². The first kappa shape index (κ1) is 28.7. The zero-order chi connectivity index (χ0) is 30.5. The Bertz CT molecular complexity index is 1900. The van der Waals surface area contributed by atoms with Gasteiger partial charge >= 0.3 is 0 Å². The number of rotatable bonds is 9. The summed E-state index contributed by atoms with van der Waals surface area (Å²) in [5, 5.41) is 22.3. The molecular formula is C31H29N9O3. The van der Waals surface area contributed by atoms with Gasteiger partial charge in [0.1, 0.15) is 23.3 Å².